The molecule has 2 N–H and O–H groups in total. The first-order chi connectivity index (χ1) is 25.3. The van der Waals surface area contributed by atoms with Crippen LogP contribution in [-0.4, -0.2) is 41.0 Å². The monoisotopic (exact) mass is 751 g/mol. The lowest BCUT2D eigenvalue weighted by molar-refractivity contribution is -0.161. The molecule has 0 aliphatic heterocycles. The maximum absolute atomic E-state index is 12.4. The third-order valence-electron chi connectivity index (χ3n) is 8.51. The van der Waals surface area contributed by atoms with Crippen molar-refractivity contribution in [2.45, 2.75) is 187 Å². The van der Waals surface area contributed by atoms with Crippen molar-refractivity contribution in [3.8, 4) is 0 Å². The molecule has 0 saturated carbocycles. The number of esters is 2. The third-order valence-corrected chi connectivity index (χ3v) is 8.99. The van der Waals surface area contributed by atoms with Crippen molar-refractivity contribution in [1.29, 1.82) is 0 Å². The molecule has 0 aliphatic carbocycles. The van der Waals surface area contributed by atoms with Crippen LogP contribution in [0.1, 0.15) is 181 Å². The summed E-state index contributed by atoms with van der Waals surface area (Å²) in [5, 5.41) is 0. The van der Waals surface area contributed by atoms with Crippen molar-refractivity contribution in [3.05, 3.63) is 60.8 Å². The van der Waals surface area contributed by atoms with E-state index in [0.29, 0.717) is 12.8 Å². The number of allylic oxidation sites excluding steroid dienone is 10. The Bertz CT molecular complexity index is 1030. The van der Waals surface area contributed by atoms with Crippen molar-refractivity contribution in [1.82, 2.24) is 0 Å². The number of phosphoric acid groups is 1. The predicted molar refractivity (Wildman–Crippen MR) is 216 cm³/mol. The van der Waals surface area contributed by atoms with E-state index in [1.165, 1.54) is 70.6 Å². The number of phosphoric ester groups is 1. The van der Waals surface area contributed by atoms with E-state index in [1.54, 1.807) is 0 Å². The Hall–Kier alpha value is -2.25. The molecule has 1 atom stereocenters. The van der Waals surface area contributed by atoms with Crippen molar-refractivity contribution in [3.63, 3.8) is 0 Å². The van der Waals surface area contributed by atoms with Gasteiger partial charge < -0.3 is 19.3 Å². The van der Waals surface area contributed by atoms with Gasteiger partial charge in [0.15, 0.2) is 6.10 Å². The predicted octanol–water partition coefficient (Wildman–Crippen LogP) is 12.5. The molecule has 0 rings (SSSR count). The lowest BCUT2D eigenvalue weighted by Crippen LogP contribution is -2.29. The molecule has 0 saturated heterocycles. The van der Waals surface area contributed by atoms with Gasteiger partial charge in [0.2, 0.25) is 0 Å². The molecule has 0 aromatic heterocycles. The Morgan fingerprint density at radius 1 is 0.500 bits per heavy atom. The molecule has 0 aliphatic rings. The van der Waals surface area contributed by atoms with Crippen molar-refractivity contribution in [2.24, 2.45) is 0 Å². The van der Waals surface area contributed by atoms with Crippen molar-refractivity contribution < 1.29 is 37.9 Å². The maximum atomic E-state index is 12.4. The normalized spacial score (nSPS) is 13.1. The number of ether oxygens (including phenoxy) is 2. The van der Waals surface area contributed by atoms with Gasteiger partial charge in [-0.25, -0.2) is 4.57 Å². The minimum absolute atomic E-state index is 0.171. The molecule has 52 heavy (non-hydrogen) atoms. The first kappa shape index (κ1) is 49.8. The van der Waals surface area contributed by atoms with Crippen LogP contribution in [0.5, 0.6) is 0 Å². The molecule has 0 radical (unpaired) electrons. The van der Waals surface area contributed by atoms with Gasteiger partial charge in [-0.15, -0.1) is 0 Å². The first-order valence-corrected chi connectivity index (χ1v) is 22.1. The molecule has 8 nitrogen and oxygen atoms in total. The number of rotatable bonds is 37. The summed E-state index contributed by atoms with van der Waals surface area (Å²) in [5.74, 6) is -0.933. The van der Waals surface area contributed by atoms with Crippen molar-refractivity contribution in [2.75, 3.05) is 13.2 Å². The fraction of sp³-hybridized carbons (Fsp3) is 0.721. The van der Waals surface area contributed by atoms with Crippen LogP contribution < -0.4 is 0 Å². The number of carbonyl (C=O) groups is 2. The molecular weight excluding hydrogens is 675 g/mol. The van der Waals surface area contributed by atoms with Crippen LogP contribution in [0.3, 0.4) is 0 Å². The average Bonchev–Trinajstić information content (AvgIpc) is 3.11. The highest BCUT2D eigenvalue weighted by atomic mass is 31.2. The van der Waals surface area contributed by atoms with Gasteiger partial charge in [-0.1, -0.05) is 145 Å². The van der Waals surface area contributed by atoms with E-state index in [1.807, 2.05) is 0 Å². The van der Waals surface area contributed by atoms with Crippen molar-refractivity contribution >= 4 is 19.8 Å². The fourth-order valence-corrected chi connectivity index (χ4v) is 5.77. The molecule has 0 heterocycles. The molecule has 0 aromatic carbocycles. The lowest BCUT2D eigenvalue weighted by atomic mass is 10.1. The second-order valence-electron chi connectivity index (χ2n) is 13.6. The standard InChI is InChI=1S/C43H75O8P/c1-3-5-7-9-11-13-15-17-19-20-21-22-24-26-28-30-32-34-36-38-43(45)51-41(40-50-52(46,47)48)39-49-42(44)37-35-33-31-29-27-25-23-18-16-14-12-10-8-6-4-2/h11,13,17-19,21-23,26,28,41H,3-10,12,14-16,20,24-25,27,29-40H2,1-2H3,(H2,46,47,48)/b13-11+,19-17+,22-21+,23-18+,28-26+/t41-/m1/s1. The van der Waals surface area contributed by atoms with Crippen LogP contribution in [0.25, 0.3) is 0 Å². The van der Waals surface area contributed by atoms with Gasteiger partial charge >= 0.3 is 19.8 Å². The Balaban J connectivity index is 4.03. The topological polar surface area (TPSA) is 119 Å². The molecular formula is C43H75O8P. The Kier molecular flexibility index (Phi) is 36.8. The highest BCUT2D eigenvalue weighted by molar-refractivity contribution is 7.46. The zero-order valence-corrected chi connectivity index (χ0v) is 33.8. The summed E-state index contributed by atoms with van der Waals surface area (Å²) < 4.78 is 26.3. The van der Waals surface area contributed by atoms with E-state index >= 15 is 0 Å². The van der Waals surface area contributed by atoms with E-state index in [-0.39, 0.29) is 19.4 Å². The minimum atomic E-state index is -4.77. The van der Waals surface area contributed by atoms with Crippen LogP contribution >= 0.6 is 7.82 Å². The molecule has 0 amide bonds. The van der Waals surface area contributed by atoms with Gasteiger partial charge in [-0.05, 0) is 83.5 Å². The highest BCUT2D eigenvalue weighted by Crippen LogP contribution is 2.36. The summed E-state index contributed by atoms with van der Waals surface area (Å²) in [6.45, 7) is 3.61. The molecule has 0 bridgehead atoms. The average molecular weight is 751 g/mol. The van der Waals surface area contributed by atoms with Gasteiger partial charge in [0, 0.05) is 12.8 Å². The van der Waals surface area contributed by atoms with Crippen LogP contribution in [0.15, 0.2) is 60.8 Å². The summed E-state index contributed by atoms with van der Waals surface area (Å²) in [6.07, 6.45) is 47.9. The number of carbonyl (C=O) groups excluding carboxylic acids is 2. The third kappa shape index (κ3) is 40.5. The molecule has 0 unspecified atom stereocenters. The van der Waals surface area contributed by atoms with Gasteiger partial charge in [-0.3, -0.25) is 14.1 Å². The summed E-state index contributed by atoms with van der Waals surface area (Å²) in [5.41, 5.74) is 0. The zero-order valence-electron chi connectivity index (χ0n) is 32.9. The Morgan fingerprint density at radius 2 is 0.865 bits per heavy atom. The SMILES string of the molecule is CCCCC/C=C/C/C=C/C/C=C/C/C=C/CCCCCC(=O)O[C@H](COC(=O)CCCCCCC/C=C/CCCCCCCC)COP(=O)(O)O. The minimum Gasteiger partial charge on any atom is -0.462 e. The molecule has 0 spiro atoms. The Morgan fingerprint density at radius 3 is 1.37 bits per heavy atom. The quantitative estimate of drug-likeness (QED) is 0.0279. The number of hydrogen-bond donors (Lipinski definition) is 2. The molecule has 9 heteroatoms. The van der Waals surface area contributed by atoms with Gasteiger partial charge in [-0.2, -0.15) is 0 Å². The smallest absolute Gasteiger partial charge is 0.462 e. The molecule has 0 fully saturated rings. The second kappa shape index (κ2) is 38.5. The number of hydrogen-bond acceptors (Lipinski definition) is 6. The first-order valence-electron chi connectivity index (χ1n) is 20.6. The van der Waals surface area contributed by atoms with Gasteiger partial charge in [0.1, 0.15) is 6.61 Å². The van der Waals surface area contributed by atoms with E-state index in [0.717, 1.165) is 70.6 Å². The highest BCUT2D eigenvalue weighted by Gasteiger charge is 2.22. The zero-order chi connectivity index (χ0) is 38.2. The summed E-state index contributed by atoms with van der Waals surface area (Å²) in [6, 6.07) is 0. The summed E-state index contributed by atoms with van der Waals surface area (Å²) >= 11 is 0. The van der Waals surface area contributed by atoms with Crippen LogP contribution in [0.4, 0.5) is 0 Å². The molecule has 0 aromatic rings. The van der Waals surface area contributed by atoms with Crippen LogP contribution in [-0.2, 0) is 28.2 Å². The van der Waals surface area contributed by atoms with Crippen LogP contribution in [0.2, 0.25) is 0 Å². The van der Waals surface area contributed by atoms with Gasteiger partial charge in [0.05, 0.1) is 6.61 Å². The van der Waals surface area contributed by atoms with Gasteiger partial charge in [0.25, 0.3) is 0 Å². The largest absolute Gasteiger partial charge is 0.469 e. The number of unbranched alkanes of at least 4 members (excludes halogenated alkanes) is 17. The molecule has 300 valence electrons. The van der Waals surface area contributed by atoms with E-state index in [2.05, 4.69) is 79.1 Å². The summed E-state index contributed by atoms with van der Waals surface area (Å²) in [7, 11) is -4.77. The summed E-state index contributed by atoms with van der Waals surface area (Å²) in [4.78, 5) is 42.8. The second-order valence-corrected chi connectivity index (χ2v) is 14.8. The van der Waals surface area contributed by atoms with E-state index in [9.17, 15) is 14.2 Å². The fourth-order valence-electron chi connectivity index (χ4n) is 5.41. The Labute approximate surface area is 317 Å². The van der Waals surface area contributed by atoms with E-state index < -0.39 is 32.5 Å². The van der Waals surface area contributed by atoms with E-state index in [4.69, 9.17) is 19.3 Å². The van der Waals surface area contributed by atoms with Crippen LogP contribution in [0, 0.1) is 0 Å². The lowest BCUT2D eigenvalue weighted by Gasteiger charge is -2.18. The maximum Gasteiger partial charge on any atom is 0.469 e.